The molecule has 0 aromatic carbocycles. The van der Waals surface area contributed by atoms with Gasteiger partial charge < -0.3 is 9.47 Å². The van der Waals surface area contributed by atoms with Crippen molar-refractivity contribution in [1.82, 2.24) is 24.6 Å². The van der Waals surface area contributed by atoms with E-state index >= 15 is 0 Å². The van der Waals surface area contributed by atoms with Crippen molar-refractivity contribution in [2.75, 3.05) is 26.2 Å². The monoisotopic (exact) mass is 343 g/mol. The number of amides is 1. The number of aromatic nitrogens is 3. The second kappa shape index (κ2) is 6.38. The lowest BCUT2D eigenvalue weighted by molar-refractivity contribution is -0.133. The van der Waals surface area contributed by atoms with E-state index < -0.39 is 0 Å². The second-order valence-corrected chi connectivity index (χ2v) is 8.43. The summed E-state index contributed by atoms with van der Waals surface area (Å²) >= 11 is 0. The van der Waals surface area contributed by atoms with E-state index in [-0.39, 0.29) is 0 Å². The molecule has 0 N–H and O–H groups in total. The lowest BCUT2D eigenvalue weighted by atomic mass is 9.95. The van der Waals surface area contributed by atoms with Gasteiger partial charge in [-0.05, 0) is 64.5 Å². The quantitative estimate of drug-likeness (QED) is 0.823. The molecule has 5 rings (SSSR count). The Hall–Kier alpha value is -1.43. The molecule has 2 aliphatic carbocycles. The van der Waals surface area contributed by atoms with Gasteiger partial charge >= 0.3 is 0 Å². The highest BCUT2D eigenvalue weighted by Gasteiger charge is 2.37. The van der Waals surface area contributed by atoms with Crippen molar-refractivity contribution in [1.29, 1.82) is 0 Å². The summed E-state index contributed by atoms with van der Waals surface area (Å²) in [6, 6.07) is 0.633. The van der Waals surface area contributed by atoms with Crippen molar-refractivity contribution in [3.63, 3.8) is 0 Å². The van der Waals surface area contributed by atoms with E-state index in [1.54, 1.807) is 0 Å². The van der Waals surface area contributed by atoms with Gasteiger partial charge in [-0.2, -0.15) is 0 Å². The second-order valence-electron chi connectivity index (χ2n) is 8.43. The molecular formula is C19H29N5O. The van der Waals surface area contributed by atoms with Crippen LogP contribution in [0.1, 0.15) is 75.0 Å². The third-order valence-electron chi connectivity index (χ3n) is 6.37. The van der Waals surface area contributed by atoms with Crippen LogP contribution in [0.3, 0.4) is 0 Å². The fourth-order valence-electron chi connectivity index (χ4n) is 4.54. The van der Waals surface area contributed by atoms with E-state index in [1.807, 2.05) is 0 Å². The lowest BCUT2D eigenvalue weighted by Gasteiger charge is -2.32. The number of hydrogen-bond donors (Lipinski definition) is 0. The minimum absolute atomic E-state index is 0.346. The molecule has 4 aliphatic rings. The SMILES string of the molecule is O=C(C1CC1)N1CCC(c2nnc(CN3CCCC3)n2C2CC2)CC1. The largest absolute Gasteiger partial charge is 0.342 e. The summed E-state index contributed by atoms with van der Waals surface area (Å²) in [4.78, 5) is 16.9. The van der Waals surface area contributed by atoms with Gasteiger partial charge in [-0.1, -0.05) is 0 Å². The van der Waals surface area contributed by atoms with E-state index in [4.69, 9.17) is 0 Å². The summed E-state index contributed by atoms with van der Waals surface area (Å²) in [7, 11) is 0. The Bertz CT molecular complexity index is 634. The molecule has 2 saturated carbocycles. The first kappa shape index (κ1) is 15.8. The van der Waals surface area contributed by atoms with Gasteiger partial charge in [0.25, 0.3) is 0 Å². The maximum atomic E-state index is 12.3. The van der Waals surface area contributed by atoms with Crippen LogP contribution in [0.25, 0.3) is 0 Å². The van der Waals surface area contributed by atoms with E-state index in [2.05, 4.69) is 24.6 Å². The first-order chi connectivity index (χ1) is 12.3. The molecule has 25 heavy (non-hydrogen) atoms. The fourth-order valence-corrected chi connectivity index (χ4v) is 4.54. The van der Waals surface area contributed by atoms with Crippen LogP contribution in [0, 0.1) is 5.92 Å². The van der Waals surface area contributed by atoms with E-state index in [1.165, 1.54) is 50.4 Å². The van der Waals surface area contributed by atoms with Crippen LogP contribution in [0.5, 0.6) is 0 Å². The summed E-state index contributed by atoms with van der Waals surface area (Å²) < 4.78 is 2.47. The van der Waals surface area contributed by atoms with Crippen molar-refractivity contribution >= 4 is 5.91 Å². The maximum Gasteiger partial charge on any atom is 0.225 e. The molecule has 1 aromatic rings. The Kier molecular flexibility index (Phi) is 4.03. The van der Waals surface area contributed by atoms with E-state index in [0.717, 1.165) is 45.3 Å². The van der Waals surface area contributed by atoms with Crippen molar-refractivity contribution in [3.8, 4) is 0 Å². The molecule has 2 saturated heterocycles. The summed E-state index contributed by atoms with van der Waals surface area (Å²) in [5.41, 5.74) is 0. The van der Waals surface area contributed by atoms with Gasteiger partial charge in [0, 0.05) is 31.0 Å². The molecule has 1 amide bonds. The molecule has 0 bridgehead atoms. The molecule has 2 aliphatic heterocycles. The molecule has 136 valence electrons. The Labute approximate surface area is 149 Å². The molecule has 1 aromatic heterocycles. The van der Waals surface area contributed by atoms with Crippen molar-refractivity contribution < 1.29 is 4.79 Å². The predicted molar refractivity (Wildman–Crippen MR) is 94.1 cm³/mol. The highest BCUT2D eigenvalue weighted by molar-refractivity contribution is 5.81. The third kappa shape index (κ3) is 3.21. The number of nitrogens with zero attached hydrogens (tertiary/aromatic N) is 5. The van der Waals surface area contributed by atoms with Crippen LogP contribution >= 0.6 is 0 Å². The molecular weight excluding hydrogens is 314 g/mol. The van der Waals surface area contributed by atoms with Crippen LogP contribution in [0.15, 0.2) is 0 Å². The van der Waals surface area contributed by atoms with E-state index in [0.29, 0.717) is 23.8 Å². The van der Waals surface area contributed by atoms with Crippen molar-refractivity contribution in [3.05, 3.63) is 11.6 Å². The van der Waals surface area contributed by atoms with Crippen LogP contribution in [0.2, 0.25) is 0 Å². The van der Waals surface area contributed by atoms with Gasteiger partial charge in [-0.3, -0.25) is 9.69 Å². The number of carbonyl (C=O) groups is 1. The summed E-state index contributed by atoms with van der Waals surface area (Å²) in [6.45, 7) is 5.17. The lowest BCUT2D eigenvalue weighted by Crippen LogP contribution is -2.39. The van der Waals surface area contributed by atoms with Gasteiger partial charge in [-0.25, -0.2) is 0 Å². The highest BCUT2D eigenvalue weighted by Crippen LogP contribution is 2.40. The molecule has 3 heterocycles. The Morgan fingerprint density at radius 2 is 1.64 bits per heavy atom. The molecule has 0 radical (unpaired) electrons. The third-order valence-corrected chi connectivity index (χ3v) is 6.37. The van der Waals surface area contributed by atoms with Crippen LogP contribution in [0.4, 0.5) is 0 Å². The van der Waals surface area contributed by atoms with Crippen LogP contribution in [-0.4, -0.2) is 56.7 Å². The van der Waals surface area contributed by atoms with Crippen LogP contribution in [-0.2, 0) is 11.3 Å². The average molecular weight is 343 g/mol. The molecule has 0 unspecified atom stereocenters. The van der Waals surface area contributed by atoms with Gasteiger partial charge in [0.05, 0.1) is 6.54 Å². The zero-order valence-corrected chi connectivity index (χ0v) is 15.1. The Morgan fingerprint density at radius 3 is 2.28 bits per heavy atom. The van der Waals surface area contributed by atoms with E-state index in [9.17, 15) is 4.79 Å². The Morgan fingerprint density at radius 1 is 0.920 bits per heavy atom. The Balaban J connectivity index is 1.28. The van der Waals surface area contributed by atoms with Crippen molar-refractivity contribution in [2.45, 2.75) is 69.9 Å². The van der Waals surface area contributed by atoms with Gasteiger partial charge in [-0.15, -0.1) is 10.2 Å². The minimum Gasteiger partial charge on any atom is -0.342 e. The highest BCUT2D eigenvalue weighted by atomic mass is 16.2. The zero-order chi connectivity index (χ0) is 16.8. The molecule has 0 atom stereocenters. The smallest absolute Gasteiger partial charge is 0.225 e. The number of piperidine rings is 1. The summed E-state index contributed by atoms with van der Waals surface area (Å²) in [6.07, 6.45) is 9.49. The summed E-state index contributed by atoms with van der Waals surface area (Å²) in [5, 5.41) is 9.24. The average Bonchev–Trinajstić information content (AvgIpc) is 3.57. The summed E-state index contributed by atoms with van der Waals surface area (Å²) in [5.74, 6) is 3.60. The minimum atomic E-state index is 0.346. The fraction of sp³-hybridized carbons (Fsp3) is 0.842. The molecule has 0 spiro atoms. The number of hydrogen-bond acceptors (Lipinski definition) is 4. The first-order valence-electron chi connectivity index (χ1n) is 10.2. The van der Waals surface area contributed by atoms with Crippen molar-refractivity contribution in [2.24, 2.45) is 5.92 Å². The normalized spacial score (nSPS) is 25.7. The predicted octanol–water partition coefficient (Wildman–Crippen LogP) is 2.32. The topological polar surface area (TPSA) is 54.3 Å². The zero-order valence-electron chi connectivity index (χ0n) is 15.1. The first-order valence-corrected chi connectivity index (χ1v) is 10.2. The van der Waals surface area contributed by atoms with Gasteiger partial charge in [0.1, 0.15) is 11.6 Å². The van der Waals surface area contributed by atoms with Gasteiger partial charge in [0.2, 0.25) is 5.91 Å². The molecule has 6 heteroatoms. The number of likely N-dealkylation sites (tertiary alicyclic amines) is 2. The number of carbonyl (C=O) groups excluding carboxylic acids is 1. The van der Waals surface area contributed by atoms with Gasteiger partial charge in [0.15, 0.2) is 0 Å². The molecule has 4 fully saturated rings. The standard InChI is InChI=1S/C19H29N5O/c25-19(15-3-4-15)23-11-7-14(8-12-23)18-21-20-17(24(18)16-5-6-16)13-22-9-1-2-10-22/h14-16H,1-13H2. The number of rotatable bonds is 5. The molecule has 6 nitrogen and oxygen atoms in total. The maximum absolute atomic E-state index is 12.3. The van der Waals surface area contributed by atoms with Crippen LogP contribution < -0.4 is 0 Å².